The highest BCUT2D eigenvalue weighted by Crippen LogP contribution is 2.24. The van der Waals surface area contributed by atoms with Gasteiger partial charge in [0.05, 0.1) is 28.7 Å². The van der Waals surface area contributed by atoms with Gasteiger partial charge in [-0.15, -0.1) is 0 Å². The first-order chi connectivity index (χ1) is 9.70. The largest absolute Gasteiger partial charge is 0.331 e. The van der Waals surface area contributed by atoms with Gasteiger partial charge in [0.1, 0.15) is 0 Å². The quantitative estimate of drug-likeness (QED) is 0.730. The van der Waals surface area contributed by atoms with E-state index in [9.17, 15) is 0 Å². The average Bonchev–Trinajstić information content (AvgIpc) is 2.82. The van der Waals surface area contributed by atoms with Crippen LogP contribution in [0, 0.1) is 16.1 Å². The number of rotatable bonds is 2. The highest BCUT2D eigenvalue weighted by Gasteiger charge is 2.13. The van der Waals surface area contributed by atoms with Crippen LogP contribution >= 0.6 is 12.2 Å². The molecule has 0 fully saturated rings. The number of fused-ring (bicyclic) bond motifs is 1. The minimum Gasteiger partial charge on any atom is -0.331 e. The van der Waals surface area contributed by atoms with Gasteiger partial charge in [0.15, 0.2) is 4.77 Å². The van der Waals surface area contributed by atoms with Crippen LogP contribution in [0.15, 0.2) is 42.7 Å². The van der Waals surface area contributed by atoms with Gasteiger partial charge in [-0.2, -0.15) is 5.26 Å². The van der Waals surface area contributed by atoms with Gasteiger partial charge in [0.2, 0.25) is 0 Å². The topological polar surface area (TPSA) is 57.4 Å². The normalized spacial score (nSPS) is 12.2. The monoisotopic (exact) mass is 280 g/mol. The minimum absolute atomic E-state index is 0.0770. The molecule has 2 heterocycles. The molecule has 4 nitrogen and oxygen atoms in total. The molecule has 0 amide bonds. The van der Waals surface area contributed by atoms with Crippen molar-refractivity contribution in [1.82, 2.24) is 14.5 Å². The Hall–Kier alpha value is -2.45. The van der Waals surface area contributed by atoms with Gasteiger partial charge in [-0.05, 0) is 55.0 Å². The van der Waals surface area contributed by atoms with Crippen LogP contribution in [-0.4, -0.2) is 14.5 Å². The van der Waals surface area contributed by atoms with Crippen molar-refractivity contribution < 1.29 is 0 Å². The first kappa shape index (κ1) is 12.6. The van der Waals surface area contributed by atoms with Gasteiger partial charge in [0.25, 0.3) is 0 Å². The molecule has 98 valence electrons. The van der Waals surface area contributed by atoms with E-state index in [0.717, 1.165) is 16.6 Å². The third kappa shape index (κ3) is 2.00. The minimum atomic E-state index is 0.0770. The van der Waals surface area contributed by atoms with E-state index in [2.05, 4.69) is 23.0 Å². The number of pyridine rings is 1. The zero-order valence-corrected chi connectivity index (χ0v) is 11.7. The fourth-order valence-electron chi connectivity index (χ4n) is 2.37. The zero-order chi connectivity index (χ0) is 14.1. The lowest BCUT2D eigenvalue weighted by Gasteiger charge is -2.14. The SMILES string of the molecule is CC(c1ccncc1)n1c(=S)[nH]c2ccc(C#N)cc21. The molecule has 0 radical (unpaired) electrons. The van der Waals surface area contributed by atoms with E-state index in [1.807, 2.05) is 28.8 Å². The summed E-state index contributed by atoms with van der Waals surface area (Å²) in [5.41, 5.74) is 3.63. The van der Waals surface area contributed by atoms with Gasteiger partial charge < -0.3 is 9.55 Å². The lowest BCUT2D eigenvalue weighted by Crippen LogP contribution is -2.06. The molecule has 5 heteroatoms. The summed E-state index contributed by atoms with van der Waals surface area (Å²) in [5.74, 6) is 0. The fraction of sp³-hybridized carbons (Fsp3) is 0.133. The number of nitrogens with one attached hydrogen (secondary N) is 1. The molecule has 20 heavy (non-hydrogen) atoms. The van der Waals surface area contributed by atoms with Crippen molar-refractivity contribution in [2.75, 3.05) is 0 Å². The summed E-state index contributed by atoms with van der Waals surface area (Å²) in [6.07, 6.45) is 3.54. The second-order valence-corrected chi connectivity index (χ2v) is 4.99. The molecule has 1 aromatic carbocycles. The molecular formula is C15H12N4S. The number of hydrogen-bond acceptors (Lipinski definition) is 3. The van der Waals surface area contributed by atoms with Gasteiger partial charge >= 0.3 is 0 Å². The Morgan fingerprint density at radius 2 is 2.05 bits per heavy atom. The van der Waals surface area contributed by atoms with E-state index < -0.39 is 0 Å². The van der Waals surface area contributed by atoms with Gasteiger partial charge in [-0.3, -0.25) is 4.98 Å². The van der Waals surface area contributed by atoms with E-state index in [1.165, 1.54) is 0 Å². The Morgan fingerprint density at radius 1 is 1.30 bits per heavy atom. The summed E-state index contributed by atoms with van der Waals surface area (Å²) in [6, 6.07) is 11.7. The lowest BCUT2D eigenvalue weighted by molar-refractivity contribution is 0.648. The third-order valence-corrected chi connectivity index (χ3v) is 3.72. The van der Waals surface area contributed by atoms with Crippen molar-refractivity contribution >= 4 is 23.3 Å². The Balaban J connectivity index is 2.23. The van der Waals surface area contributed by atoms with E-state index in [1.54, 1.807) is 18.5 Å². The molecule has 0 bridgehead atoms. The first-order valence-corrected chi connectivity index (χ1v) is 6.66. The molecule has 0 aliphatic rings. The van der Waals surface area contributed by atoms with Crippen molar-refractivity contribution in [2.45, 2.75) is 13.0 Å². The maximum Gasteiger partial charge on any atom is 0.178 e. The number of hydrogen-bond donors (Lipinski definition) is 1. The summed E-state index contributed by atoms with van der Waals surface area (Å²) < 4.78 is 2.68. The standard InChI is InChI=1S/C15H12N4S/c1-10(12-4-6-17-7-5-12)19-14-8-11(9-16)2-3-13(14)18-15(19)20/h2-8,10H,1H3,(H,18,20). The Labute approximate surface area is 121 Å². The molecule has 3 rings (SSSR count). The zero-order valence-electron chi connectivity index (χ0n) is 10.9. The molecule has 0 aliphatic heterocycles. The maximum absolute atomic E-state index is 9.05. The van der Waals surface area contributed by atoms with E-state index in [4.69, 9.17) is 17.5 Å². The molecule has 0 aliphatic carbocycles. The summed E-state index contributed by atoms with van der Waals surface area (Å²) >= 11 is 5.42. The first-order valence-electron chi connectivity index (χ1n) is 6.25. The number of imidazole rings is 1. The maximum atomic E-state index is 9.05. The molecule has 1 atom stereocenters. The molecule has 0 saturated carbocycles. The van der Waals surface area contributed by atoms with Crippen molar-refractivity contribution in [3.05, 3.63) is 58.6 Å². The summed E-state index contributed by atoms with van der Waals surface area (Å²) in [5, 5.41) is 9.05. The van der Waals surface area contributed by atoms with E-state index >= 15 is 0 Å². The van der Waals surface area contributed by atoms with Crippen LogP contribution in [0.2, 0.25) is 0 Å². The van der Waals surface area contributed by atoms with Crippen LogP contribution in [0.5, 0.6) is 0 Å². The third-order valence-electron chi connectivity index (χ3n) is 3.42. The summed E-state index contributed by atoms with van der Waals surface area (Å²) in [6.45, 7) is 2.08. The van der Waals surface area contributed by atoms with Crippen LogP contribution in [0.1, 0.15) is 24.1 Å². The average molecular weight is 280 g/mol. The fourth-order valence-corrected chi connectivity index (χ4v) is 2.73. The van der Waals surface area contributed by atoms with E-state index in [0.29, 0.717) is 10.3 Å². The smallest absolute Gasteiger partial charge is 0.178 e. The Bertz CT molecular complexity index is 855. The van der Waals surface area contributed by atoms with Crippen molar-refractivity contribution in [2.24, 2.45) is 0 Å². The van der Waals surface area contributed by atoms with Crippen LogP contribution in [0.4, 0.5) is 0 Å². The predicted molar refractivity (Wildman–Crippen MR) is 79.9 cm³/mol. The highest BCUT2D eigenvalue weighted by atomic mass is 32.1. The number of H-pyrrole nitrogens is 1. The van der Waals surface area contributed by atoms with Crippen molar-refractivity contribution in [3.8, 4) is 6.07 Å². The van der Waals surface area contributed by atoms with Gasteiger partial charge in [-0.25, -0.2) is 0 Å². The molecule has 0 saturated heterocycles. The highest BCUT2D eigenvalue weighted by molar-refractivity contribution is 7.71. The van der Waals surface area contributed by atoms with E-state index in [-0.39, 0.29) is 6.04 Å². The van der Waals surface area contributed by atoms with Crippen LogP contribution < -0.4 is 0 Å². The van der Waals surface area contributed by atoms with Crippen LogP contribution in [-0.2, 0) is 0 Å². The molecule has 1 unspecified atom stereocenters. The van der Waals surface area contributed by atoms with Crippen LogP contribution in [0.3, 0.4) is 0 Å². The molecule has 1 N–H and O–H groups in total. The van der Waals surface area contributed by atoms with Crippen molar-refractivity contribution in [3.63, 3.8) is 0 Å². The summed E-state index contributed by atoms with van der Waals surface area (Å²) in [7, 11) is 0. The predicted octanol–water partition coefficient (Wildman–Crippen LogP) is 3.57. The second kappa shape index (κ2) is 4.91. The molecule has 2 aromatic heterocycles. The van der Waals surface area contributed by atoms with Gasteiger partial charge in [0, 0.05) is 12.4 Å². The number of benzene rings is 1. The number of nitriles is 1. The lowest BCUT2D eigenvalue weighted by atomic mass is 10.1. The van der Waals surface area contributed by atoms with Crippen molar-refractivity contribution in [1.29, 1.82) is 5.26 Å². The summed E-state index contributed by atoms with van der Waals surface area (Å²) in [4.78, 5) is 7.22. The Kier molecular flexibility index (Phi) is 3.09. The number of nitrogens with zero attached hydrogens (tertiary/aromatic N) is 3. The number of aromatic amines is 1. The molecular weight excluding hydrogens is 268 g/mol. The number of aromatic nitrogens is 3. The van der Waals surface area contributed by atoms with Gasteiger partial charge in [-0.1, -0.05) is 0 Å². The molecule has 0 spiro atoms. The molecule has 3 aromatic rings. The Morgan fingerprint density at radius 3 is 2.75 bits per heavy atom. The van der Waals surface area contributed by atoms with Crippen LogP contribution in [0.25, 0.3) is 11.0 Å². The second-order valence-electron chi connectivity index (χ2n) is 4.60.